The summed E-state index contributed by atoms with van der Waals surface area (Å²) in [6.45, 7) is 2.99. The smallest absolute Gasteiger partial charge is 0.0487 e. The van der Waals surface area contributed by atoms with Crippen molar-refractivity contribution in [2.45, 2.75) is 90.4 Å². The molecule has 6 unspecified atom stereocenters. The van der Waals surface area contributed by atoms with E-state index in [0.29, 0.717) is 22.9 Å². The maximum absolute atomic E-state index is 10.3. The minimum Gasteiger partial charge on any atom is -0.396 e. The van der Waals surface area contributed by atoms with E-state index in [9.17, 15) is 5.11 Å². The first-order valence-corrected chi connectivity index (χ1v) is 11.1. The SMILES string of the molecule is CCC12CC3C[C@H](C1)CC(C14CC5C[C@@H](CC(CO)(C5)C1)C4)(C3)C2. The highest BCUT2D eigenvalue weighted by atomic mass is 16.3. The highest BCUT2D eigenvalue weighted by Gasteiger charge is 2.69. The van der Waals surface area contributed by atoms with Crippen molar-refractivity contribution in [1.82, 2.24) is 0 Å². The molecule has 0 amide bonds. The fourth-order valence-electron chi connectivity index (χ4n) is 10.7. The van der Waals surface area contributed by atoms with E-state index in [1.165, 1.54) is 32.1 Å². The second kappa shape index (κ2) is 4.44. The molecule has 0 saturated heterocycles. The van der Waals surface area contributed by atoms with E-state index in [4.69, 9.17) is 0 Å². The average molecular weight is 329 g/mol. The summed E-state index contributed by atoms with van der Waals surface area (Å²) in [6, 6.07) is 0. The molecule has 0 aromatic carbocycles. The summed E-state index contributed by atoms with van der Waals surface area (Å²) in [5, 5.41) is 10.3. The molecule has 0 spiro atoms. The number of rotatable bonds is 3. The Hall–Kier alpha value is -0.0400. The van der Waals surface area contributed by atoms with Crippen LogP contribution >= 0.6 is 0 Å². The summed E-state index contributed by atoms with van der Waals surface area (Å²) in [4.78, 5) is 0. The van der Waals surface area contributed by atoms with E-state index in [-0.39, 0.29) is 0 Å². The van der Waals surface area contributed by atoms with E-state index >= 15 is 0 Å². The van der Waals surface area contributed by atoms with Crippen molar-refractivity contribution in [3.8, 4) is 0 Å². The summed E-state index contributed by atoms with van der Waals surface area (Å²) in [5.74, 6) is 4.04. The van der Waals surface area contributed by atoms with Crippen molar-refractivity contribution in [3.63, 3.8) is 0 Å². The predicted molar refractivity (Wildman–Crippen MR) is 96.5 cm³/mol. The van der Waals surface area contributed by atoms with Gasteiger partial charge >= 0.3 is 0 Å². The molecule has 8 aliphatic rings. The van der Waals surface area contributed by atoms with Gasteiger partial charge in [0.1, 0.15) is 0 Å². The van der Waals surface area contributed by atoms with E-state index in [2.05, 4.69) is 6.92 Å². The van der Waals surface area contributed by atoms with Gasteiger partial charge in [-0.25, -0.2) is 0 Å². The van der Waals surface area contributed by atoms with Crippen LogP contribution < -0.4 is 0 Å². The molecule has 1 heteroatoms. The molecule has 0 heterocycles. The predicted octanol–water partition coefficient (Wildman–Crippen LogP) is 5.56. The van der Waals surface area contributed by atoms with Gasteiger partial charge in [0.2, 0.25) is 0 Å². The fourth-order valence-corrected chi connectivity index (χ4v) is 10.7. The van der Waals surface area contributed by atoms with Crippen LogP contribution in [-0.4, -0.2) is 11.7 Å². The topological polar surface area (TPSA) is 20.2 Å². The molecular weight excluding hydrogens is 292 g/mol. The zero-order chi connectivity index (χ0) is 16.2. The van der Waals surface area contributed by atoms with E-state index in [1.807, 2.05) is 0 Å². The molecule has 8 saturated carbocycles. The third-order valence-electron chi connectivity index (χ3n) is 10.6. The molecule has 8 fully saturated rings. The first kappa shape index (κ1) is 15.1. The van der Waals surface area contributed by atoms with Crippen LogP contribution in [0, 0.1) is 45.3 Å². The summed E-state index contributed by atoms with van der Waals surface area (Å²) in [5.41, 5.74) is 2.38. The molecule has 8 atom stereocenters. The number of hydrogen-bond donors (Lipinski definition) is 1. The second-order valence-electron chi connectivity index (χ2n) is 12.0. The lowest BCUT2D eigenvalue weighted by atomic mass is 9.31. The van der Waals surface area contributed by atoms with Crippen LogP contribution in [0.15, 0.2) is 0 Å². The number of hydrogen-bond acceptors (Lipinski definition) is 1. The summed E-state index contributed by atoms with van der Waals surface area (Å²) in [7, 11) is 0. The minimum absolute atomic E-state index is 0.340. The van der Waals surface area contributed by atoms with Crippen LogP contribution in [0.1, 0.15) is 90.4 Å². The second-order valence-corrected chi connectivity index (χ2v) is 12.0. The molecule has 8 rings (SSSR count). The van der Waals surface area contributed by atoms with Crippen molar-refractivity contribution in [2.75, 3.05) is 6.61 Å². The van der Waals surface area contributed by atoms with Crippen LogP contribution in [-0.2, 0) is 0 Å². The molecule has 0 radical (unpaired) electrons. The van der Waals surface area contributed by atoms with Crippen LogP contribution in [0.2, 0.25) is 0 Å². The highest BCUT2D eigenvalue weighted by molar-refractivity contribution is 5.19. The van der Waals surface area contributed by atoms with Crippen LogP contribution in [0.4, 0.5) is 0 Å². The summed E-state index contributed by atoms with van der Waals surface area (Å²) >= 11 is 0. The van der Waals surface area contributed by atoms with Crippen LogP contribution in [0.3, 0.4) is 0 Å². The van der Waals surface area contributed by atoms with Crippen molar-refractivity contribution in [3.05, 3.63) is 0 Å². The summed E-state index contributed by atoms with van der Waals surface area (Å²) < 4.78 is 0. The Morgan fingerprint density at radius 1 is 0.667 bits per heavy atom. The van der Waals surface area contributed by atoms with Crippen molar-refractivity contribution >= 4 is 0 Å². The third-order valence-corrected chi connectivity index (χ3v) is 10.6. The normalized spacial score (nSPS) is 63.2. The number of aliphatic hydroxyl groups is 1. The lowest BCUT2D eigenvalue weighted by molar-refractivity contribution is -0.243. The van der Waals surface area contributed by atoms with Crippen LogP contribution in [0.25, 0.3) is 0 Å². The van der Waals surface area contributed by atoms with Gasteiger partial charge in [0.05, 0.1) is 0 Å². The van der Waals surface area contributed by atoms with E-state index < -0.39 is 0 Å². The zero-order valence-corrected chi connectivity index (χ0v) is 15.7. The molecule has 8 bridgehead atoms. The monoisotopic (exact) mass is 328 g/mol. The van der Waals surface area contributed by atoms with Gasteiger partial charge in [-0.05, 0) is 122 Å². The van der Waals surface area contributed by atoms with Gasteiger partial charge in [0.25, 0.3) is 0 Å². The zero-order valence-electron chi connectivity index (χ0n) is 15.7. The Labute approximate surface area is 148 Å². The molecule has 0 aromatic heterocycles. The Morgan fingerprint density at radius 2 is 1.08 bits per heavy atom. The third kappa shape index (κ3) is 1.72. The molecule has 134 valence electrons. The standard InChI is InChI=1S/C23H36O/c1-2-20-5-16-3-17(6-20)10-22(9-16,13-20)23-11-18-4-19(12-23)8-21(7-18,14-23)15-24/h16-19,24H,2-15H2,1H3/t16-,17?,18+,19?,20?,21?,22?,23?/m1/s1. The Balaban J connectivity index is 1.44. The molecule has 0 aromatic rings. The van der Waals surface area contributed by atoms with Gasteiger partial charge in [-0.3, -0.25) is 0 Å². The molecule has 8 aliphatic carbocycles. The average Bonchev–Trinajstić information content (AvgIpc) is 2.52. The van der Waals surface area contributed by atoms with Crippen molar-refractivity contribution in [2.24, 2.45) is 45.3 Å². The molecule has 24 heavy (non-hydrogen) atoms. The van der Waals surface area contributed by atoms with Crippen molar-refractivity contribution in [1.29, 1.82) is 0 Å². The quantitative estimate of drug-likeness (QED) is 0.719. The van der Waals surface area contributed by atoms with Gasteiger partial charge in [0.15, 0.2) is 0 Å². The largest absolute Gasteiger partial charge is 0.396 e. The maximum atomic E-state index is 10.3. The van der Waals surface area contributed by atoms with Gasteiger partial charge in [-0.15, -0.1) is 0 Å². The first-order chi connectivity index (χ1) is 11.5. The van der Waals surface area contributed by atoms with Crippen molar-refractivity contribution < 1.29 is 5.11 Å². The minimum atomic E-state index is 0.340. The lowest BCUT2D eigenvalue weighted by Crippen LogP contribution is -2.64. The Morgan fingerprint density at radius 3 is 1.50 bits per heavy atom. The Bertz CT molecular complexity index is 484. The van der Waals surface area contributed by atoms with Crippen LogP contribution in [0.5, 0.6) is 0 Å². The Kier molecular flexibility index (Phi) is 2.78. The first-order valence-electron chi connectivity index (χ1n) is 11.1. The lowest BCUT2D eigenvalue weighted by Gasteiger charge is -2.74. The number of aliphatic hydroxyl groups excluding tert-OH is 1. The van der Waals surface area contributed by atoms with E-state index in [0.717, 1.165) is 29.1 Å². The van der Waals surface area contributed by atoms with Gasteiger partial charge < -0.3 is 5.11 Å². The highest BCUT2D eigenvalue weighted by Crippen LogP contribution is 2.78. The molecule has 0 aliphatic heterocycles. The van der Waals surface area contributed by atoms with Gasteiger partial charge in [0, 0.05) is 6.61 Å². The fraction of sp³-hybridized carbons (Fsp3) is 1.00. The maximum Gasteiger partial charge on any atom is 0.0487 e. The van der Waals surface area contributed by atoms with Gasteiger partial charge in [-0.2, -0.15) is 0 Å². The molecule has 1 nitrogen and oxygen atoms in total. The van der Waals surface area contributed by atoms with Gasteiger partial charge in [-0.1, -0.05) is 13.3 Å². The van der Waals surface area contributed by atoms with E-state index in [1.54, 1.807) is 51.4 Å². The molecular formula is C23H36O. The molecule has 1 N–H and O–H groups in total. The summed E-state index contributed by atoms with van der Waals surface area (Å²) in [6.07, 6.45) is 19.6.